The Hall–Kier alpha value is -2.40. The summed E-state index contributed by atoms with van der Waals surface area (Å²) in [5, 5.41) is 1.92. The molecule has 0 bridgehead atoms. The van der Waals surface area contributed by atoms with Crippen molar-refractivity contribution in [2.45, 2.75) is 6.10 Å². The number of amides is 1. The molecule has 2 aromatic rings. The highest BCUT2D eigenvalue weighted by Gasteiger charge is 2.25. The molecule has 1 heterocycles. The van der Waals surface area contributed by atoms with Crippen molar-refractivity contribution < 1.29 is 14.3 Å². The second-order valence-electron chi connectivity index (χ2n) is 4.81. The van der Waals surface area contributed by atoms with E-state index in [0.717, 1.165) is 4.88 Å². The lowest BCUT2D eigenvalue weighted by Gasteiger charge is -2.20. The predicted molar refractivity (Wildman–Crippen MR) is 87.3 cm³/mol. The summed E-state index contributed by atoms with van der Waals surface area (Å²) in [5.74, 6) is -0.818. The summed E-state index contributed by atoms with van der Waals surface area (Å²) in [7, 11) is 3.27. The molecule has 1 amide bonds. The van der Waals surface area contributed by atoms with Gasteiger partial charge < -0.3 is 9.64 Å². The van der Waals surface area contributed by atoms with Crippen molar-refractivity contribution in [1.82, 2.24) is 4.90 Å². The Kier molecular flexibility index (Phi) is 5.49. The summed E-state index contributed by atoms with van der Waals surface area (Å²) < 4.78 is 5.35. The van der Waals surface area contributed by atoms with Gasteiger partial charge >= 0.3 is 5.97 Å². The third-order valence-corrected chi connectivity index (χ3v) is 3.77. The zero-order chi connectivity index (χ0) is 15.9. The number of carbonyl (C=O) groups excluding carboxylic acids is 2. The standard InChI is InChI=1S/C17H17NO3S/c1-18(2)17(20)16(13-7-4-3-5-8-13)21-15(19)11-10-14-9-6-12-22-14/h3-12,16H,1-2H3/b11-10+/t16-/m0/s1. The van der Waals surface area contributed by atoms with Crippen molar-refractivity contribution in [3.05, 3.63) is 64.4 Å². The molecular weight excluding hydrogens is 298 g/mol. The molecule has 4 nitrogen and oxygen atoms in total. The van der Waals surface area contributed by atoms with E-state index in [9.17, 15) is 9.59 Å². The van der Waals surface area contributed by atoms with Crippen LogP contribution in [0.4, 0.5) is 0 Å². The van der Waals surface area contributed by atoms with Gasteiger partial charge in [-0.3, -0.25) is 4.79 Å². The highest BCUT2D eigenvalue weighted by atomic mass is 32.1. The molecule has 5 heteroatoms. The van der Waals surface area contributed by atoms with E-state index >= 15 is 0 Å². The number of nitrogens with zero attached hydrogens (tertiary/aromatic N) is 1. The number of esters is 1. The maximum absolute atomic E-state index is 12.2. The largest absolute Gasteiger partial charge is 0.444 e. The van der Waals surface area contributed by atoms with E-state index in [2.05, 4.69) is 0 Å². The van der Waals surface area contributed by atoms with Gasteiger partial charge in [0.2, 0.25) is 6.10 Å². The minimum atomic E-state index is -0.934. The van der Waals surface area contributed by atoms with Crippen LogP contribution in [0, 0.1) is 0 Å². The van der Waals surface area contributed by atoms with Crippen molar-refractivity contribution in [2.75, 3.05) is 14.1 Å². The van der Waals surface area contributed by atoms with Gasteiger partial charge in [-0.05, 0) is 17.5 Å². The van der Waals surface area contributed by atoms with E-state index in [-0.39, 0.29) is 5.91 Å². The summed E-state index contributed by atoms with van der Waals surface area (Å²) in [5.41, 5.74) is 0.652. The Labute approximate surface area is 133 Å². The second kappa shape index (κ2) is 7.56. The van der Waals surface area contributed by atoms with Crippen LogP contribution in [-0.2, 0) is 14.3 Å². The van der Waals surface area contributed by atoms with Gasteiger partial charge in [-0.25, -0.2) is 4.79 Å². The molecule has 22 heavy (non-hydrogen) atoms. The molecule has 0 saturated carbocycles. The number of hydrogen-bond acceptors (Lipinski definition) is 4. The van der Waals surface area contributed by atoms with Gasteiger partial charge in [0.05, 0.1) is 0 Å². The minimum Gasteiger partial charge on any atom is -0.444 e. The van der Waals surface area contributed by atoms with Crippen LogP contribution in [0.15, 0.2) is 53.9 Å². The van der Waals surface area contributed by atoms with Crippen LogP contribution >= 0.6 is 11.3 Å². The molecule has 0 radical (unpaired) electrons. The Bertz CT molecular complexity index is 648. The van der Waals surface area contributed by atoms with Crippen LogP contribution in [0.5, 0.6) is 0 Å². The number of benzene rings is 1. The molecule has 2 rings (SSSR count). The molecule has 0 aliphatic carbocycles. The Morgan fingerprint density at radius 1 is 1.14 bits per heavy atom. The first-order chi connectivity index (χ1) is 10.6. The Morgan fingerprint density at radius 3 is 2.45 bits per heavy atom. The summed E-state index contributed by atoms with van der Waals surface area (Å²) in [6.45, 7) is 0. The van der Waals surface area contributed by atoms with Gasteiger partial charge in [-0.2, -0.15) is 0 Å². The van der Waals surface area contributed by atoms with Crippen molar-refractivity contribution in [1.29, 1.82) is 0 Å². The van der Waals surface area contributed by atoms with Gasteiger partial charge in [0.25, 0.3) is 5.91 Å². The molecule has 0 fully saturated rings. The number of rotatable bonds is 5. The average Bonchev–Trinajstić information content (AvgIpc) is 3.04. The molecule has 0 saturated heterocycles. The van der Waals surface area contributed by atoms with Crippen molar-refractivity contribution in [3.8, 4) is 0 Å². The van der Waals surface area contributed by atoms with Gasteiger partial charge in [0, 0.05) is 30.6 Å². The molecule has 0 N–H and O–H groups in total. The zero-order valence-corrected chi connectivity index (χ0v) is 13.2. The van der Waals surface area contributed by atoms with E-state index in [1.807, 2.05) is 23.6 Å². The fourth-order valence-corrected chi connectivity index (χ4v) is 2.43. The van der Waals surface area contributed by atoms with E-state index < -0.39 is 12.1 Å². The van der Waals surface area contributed by atoms with Crippen LogP contribution < -0.4 is 0 Å². The SMILES string of the molecule is CN(C)C(=O)[C@@H](OC(=O)/C=C/c1cccs1)c1ccccc1. The number of carbonyl (C=O) groups is 2. The van der Waals surface area contributed by atoms with Crippen LogP contribution in [0.25, 0.3) is 6.08 Å². The highest BCUT2D eigenvalue weighted by molar-refractivity contribution is 7.10. The van der Waals surface area contributed by atoms with E-state index in [0.29, 0.717) is 5.56 Å². The quantitative estimate of drug-likeness (QED) is 0.629. The van der Waals surface area contributed by atoms with Gasteiger partial charge in [-0.1, -0.05) is 36.4 Å². The molecule has 114 valence electrons. The normalized spacial score (nSPS) is 12.1. The molecule has 1 aromatic heterocycles. The highest BCUT2D eigenvalue weighted by Crippen LogP contribution is 2.20. The number of ether oxygens (including phenoxy) is 1. The maximum Gasteiger partial charge on any atom is 0.331 e. The van der Waals surface area contributed by atoms with E-state index in [1.165, 1.54) is 22.3 Å². The summed E-state index contributed by atoms with van der Waals surface area (Å²) >= 11 is 1.52. The molecular formula is C17H17NO3S. The first-order valence-electron chi connectivity index (χ1n) is 6.76. The molecule has 0 unspecified atom stereocenters. The lowest BCUT2D eigenvalue weighted by atomic mass is 10.1. The molecule has 0 aliphatic heterocycles. The fourth-order valence-electron chi connectivity index (χ4n) is 1.82. The van der Waals surface area contributed by atoms with Crippen LogP contribution in [0.2, 0.25) is 0 Å². The summed E-state index contributed by atoms with van der Waals surface area (Å²) in [4.78, 5) is 26.6. The van der Waals surface area contributed by atoms with Crippen molar-refractivity contribution in [2.24, 2.45) is 0 Å². The van der Waals surface area contributed by atoms with Crippen molar-refractivity contribution in [3.63, 3.8) is 0 Å². The monoisotopic (exact) mass is 315 g/mol. The molecule has 1 atom stereocenters. The summed E-state index contributed by atoms with van der Waals surface area (Å²) in [6, 6.07) is 12.8. The number of thiophene rings is 1. The molecule has 0 aliphatic rings. The lowest BCUT2D eigenvalue weighted by Crippen LogP contribution is -2.30. The van der Waals surface area contributed by atoms with Crippen LogP contribution in [0.1, 0.15) is 16.5 Å². The Balaban J connectivity index is 2.13. The van der Waals surface area contributed by atoms with Crippen LogP contribution in [-0.4, -0.2) is 30.9 Å². The van der Waals surface area contributed by atoms with Crippen LogP contribution in [0.3, 0.4) is 0 Å². The first-order valence-corrected chi connectivity index (χ1v) is 7.64. The van der Waals surface area contributed by atoms with Gasteiger partial charge in [-0.15, -0.1) is 11.3 Å². The van der Waals surface area contributed by atoms with E-state index in [1.54, 1.807) is 44.4 Å². The van der Waals surface area contributed by atoms with E-state index in [4.69, 9.17) is 4.74 Å². The summed E-state index contributed by atoms with van der Waals surface area (Å²) in [6.07, 6.45) is 2.08. The molecule has 0 spiro atoms. The third-order valence-electron chi connectivity index (χ3n) is 2.93. The van der Waals surface area contributed by atoms with Gasteiger partial charge in [0.15, 0.2) is 0 Å². The zero-order valence-electron chi connectivity index (χ0n) is 12.4. The fraction of sp³-hybridized carbons (Fsp3) is 0.176. The minimum absolute atomic E-state index is 0.274. The topological polar surface area (TPSA) is 46.6 Å². The average molecular weight is 315 g/mol. The van der Waals surface area contributed by atoms with Gasteiger partial charge in [0.1, 0.15) is 0 Å². The predicted octanol–water partition coefficient (Wildman–Crippen LogP) is 3.13. The third kappa shape index (κ3) is 4.30. The smallest absolute Gasteiger partial charge is 0.331 e. The molecule has 1 aromatic carbocycles. The lowest BCUT2D eigenvalue weighted by molar-refractivity contribution is -0.155. The van der Waals surface area contributed by atoms with Crippen molar-refractivity contribution >= 4 is 29.3 Å². The number of hydrogen-bond donors (Lipinski definition) is 0. The maximum atomic E-state index is 12.2. The Morgan fingerprint density at radius 2 is 1.86 bits per heavy atom. The second-order valence-corrected chi connectivity index (χ2v) is 5.79. The number of likely N-dealkylation sites (N-methyl/N-ethyl adjacent to an activating group) is 1. The first kappa shape index (κ1) is 16.0.